The Morgan fingerprint density at radius 2 is 2.17 bits per heavy atom. The fraction of sp³-hybridized carbons (Fsp3) is 0.231. The summed E-state index contributed by atoms with van der Waals surface area (Å²) in [4.78, 5) is 15.5. The number of esters is 1. The number of aromatic nitrogens is 1. The van der Waals surface area contributed by atoms with Crippen molar-refractivity contribution in [2.45, 2.75) is 6.92 Å². The number of carbonyl (C=O) groups is 1. The van der Waals surface area contributed by atoms with E-state index < -0.39 is 11.8 Å². The number of ether oxygens (including phenoxy) is 2. The molecule has 2 rings (SSSR count). The van der Waals surface area contributed by atoms with Crippen molar-refractivity contribution in [3.05, 3.63) is 35.8 Å². The molecule has 0 spiro atoms. The molecule has 0 atom stereocenters. The van der Waals surface area contributed by atoms with Crippen LogP contribution in [0.2, 0.25) is 0 Å². The van der Waals surface area contributed by atoms with Gasteiger partial charge in [-0.2, -0.15) is 0 Å². The summed E-state index contributed by atoms with van der Waals surface area (Å²) in [7, 11) is 1.26. The average molecular weight is 249 g/mol. The molecule has 94 valence electrons. The normalized spacial score (nSPS) is 10.4. The number of hydrogen-bond acceptors (Lipinski definition) is 4. The quantitative estimate of drug-likeness (QED) is 0.784. The Balaban J connectivity index is 2.66. The molecule has 2 aromatic rings. The zero-order chi connectivity index (χ0) is 13.1. The van der Waals surface area contributed by atoms with Crippen LogP contribution in [0.25, 0.3) is 10.9 Å². The van der Waals surface area contributed by atoms with Crippen LogP contribution in [0, 0.1) is 5.82 Å². The van der Waals surface area contributed by atoms with E-state index in [2.05, 4.69) is 9.72 Å². The highest BCUT2D eigenvalue weighted by molar-refractivity contribution is 5.94. The van der Waals surface area contributed by atoms with Gasteiger partial charge in [-0.3, -0.25) is 0 Å². The van der Waals surface area contributed by atoms with Crippen LogP contribution in [0.1, 0.15) is 17.4 Å². The van der Waals surface area contributed by atoms with Gasteiger partial charge in [-0.05, 0) is 19.1 Å². The summed E-state index contributed by atoms with van der Waals surface area (Å²) in [5.41, 5.74) is 0.459. The van der Waals surface area contributed by atoms with E-state index >= 15 is 0 Å². The Morgan fingerprint density at radius 1 is 1.39 bits per heavy atom. The number of carbonyl (C=O) groups excluding carboxylic acids is 1. The minimum absolute atomic E-state index is 0.0963. The summed E-state index contributed by atoms with van der Waals surface area (Å²) in [6.45, 7) is 2.27. The Hall–Kier alpha value is -2.17. The first-order chi connectivity index (χ1) is 8.65. The van der Waals surface area contributed by atoms with Crippen LogP contribution >= 0.6 is 0 Å². The molecule has 0 radical (unpaired) electrons. The lowest BCUT2D eigenvalue weighted by molar-refractivity contribution is 0.0594. The molecule has 18 heavy (non-hydrogen) atoms. The predicted octanol–water partition coefficient (Wildman–Crippen LogP) is 2.56. The van der Waals surface area contributed by atoms with E-state index in [4.69, 9.17) is 4.74 Å². The summed E-state index contributed by atoms with van der Waals surface area (Å²) < 4.78 is 23.2. The van der Waals surface area contributed by atoms with Crippen molar-refractivity contribution in [1.29, 1.82) is 0 Å². The monoisotopic (exact) mass is 249 g/mol. The van der Waals surface area contributed by atoms with Gasteiger partial charge in [0.2, 0.25) is 0 Å². The first-order valence-corrected chi connectivity index (χ1v) is 5.47. The van der Waals surface area contributed by atoms with Gasteiger partial charge >= 0.3 is 5.97 Å². The zero-order valence-corrected chi connectivity index (χ0v) is 10.1. The molecule has 1 heterocycles. The maximum absolute atomic E-state index is 13.2. The van der Waals surface area contributed by atoms with Crippen molar-refractivity contribution >= 4 is 16.9 Å². The fourth-order valence-electron chi connectivity index (χ4n) is 1.65. The summed E-state index contributed by atoms with van der Waals surface area (Å²) in [6.07, 6.45) is 0. The van der Waals surface area contributed by atoms with Gasteiger partial charge in [0.1, 0.15) is 11.6 Å². The summed E-state index contributed by atoms with van der Waals surface area (Å²) >= 11 is 0. The molecular formula is C13H12FNO3. The topological polar surface area (TPSA) is 48.4 Å². The largest absolute Gasteiger partial charge is 0.493 e. The van der Waals surface area contributed by atoms with Gasteiger partial charge in [-0.15, -0.1) is 0 Å². The Bertz CT molecular complexity index is 598. The number of halogens is 1. The Kier molecular flexibility index (Phi) is 3.41. The van der Waals surface area contributed by atoms with E-state index in [0.717, 1.165) is 0 Å². The number of methoxy groups -OCH3 is 1. The van der Waals surface area contributed by atoms with Crippen molar-refractivity contribution in [2.75, 3.05) is 13.7 Å². The minimum atomic E-state index is -0.581. The molecule has 0 aliphatic rings. The molecule has 0 aliphatic heterocycles. The maximum Gasteiger partial charge on any atom is 0.356 e. The molecule has 4 nitrogen and oxygen atoms in total. The average Bonchev–Trinajstić information content (AvgIpc) is 2.37. The second-order valence-corrected chi connectivity index (χ2v) is 3.59. The molecule has 0 bridgehead atoms. The SMILES string of the molecule is CCOc1cc(C(=O)OC)nc2cc(F)ccc12. The fourth-order valence-corrected chi connectivity index (χ4v) is 1.65. The van der Waals surface area contributed by atoms with Crippen LogP contribution in [-0.2, 0) is 4.74 Å². The van der Waals surface area contributed by atoms with Crippen LogP contribution < -0.4 is 4.74 Å². The van der Waals surface area contributed by atoms with Gasteiger partial charge in [-0.25, -0.2) is 14.2 Å². The maximum atomic E-state index is 13.2. The second-order valence-electron chi connectivity index (χ2n) is 3.59. The number of fused-ring (bicyclic) bond motifs is 1. The lowest BCUT2D eigenvalue weighted by atomic mass is 10.1. The molecule has 0 N–H and O–H groups in total. The Morgan fingerprint density at radius 3 is 2.83 bits per heavy atom. The van der Waals surface area contributed by atoms with E-state index in [9.17, 15) is 9.18 Å². The molecule has 5 heteroatoms. The summed E-state index contributed by atoms with van der Waals surface area (Å²) in [5.74, 6) is -0.510. The smallest absolute Gasteiger partial charge is 0.356 e. The number of nitrogens with zero attached hydrogens (tertiary/aromatic N) is 1. The van der Waals surface area contributed by atoms with Gasteiger partial charge in [0.25, 0.3) is 0 Å². The van der Waals surface area contributed by atoms with Crippen molar-refractivity contribution in [3.8, 4) is 5.75 Å². The first-order valence-electron chi connectivity index (χ1n) is 5.47. The van der Waals surface area contributed by atoms with Gasteiger partial charge in [0.05, 0.1) is 19.2 Å². The second kappa shape index (κ2) is 5.00. The molecule has 0 saturated carbocycles. The van der Waals surface area contributed by atoms with Crippen molar-refractivity contribution in [1.82, 2.24) is 4.98 Å². The molecule has 0 unspecified atom stereocenters. The highest BCUT2D eigenvalue weighted by Crippen LogP contribution is 2.26. The summed E-state index contributed by atoms with van der Waals surface area (Å²) in [6, 6.07) is 5.65. The van der Waals surface area contributed by atoms with Crippen LogP contribution in [0.3, 0.4) is 0 Å². The third-order valence-corrected chi connectivity index (χ3v) is 2.43. The third kappa shape index (κ3) is 2.25. The van der Waals surface area contributed by atoms with E-state index in [1.165, 1.54) is 25.3 Å². The van der Waals surface area contributed by atoms with E-state index in [0.29, 0.717) is 23.3 Å². The highest BCUT2D eigenvalue weighted by Gasteiger charge is 2.13. The van der Waals surface area contributed by atoms with Gasteiger partial charge in [-0.1, -0.05) is 0 Å². The van der Waals surface area contributed by atoms with Crippen LogP contribution in [-0.4, -0.2) is 24.7 Å². The molecule has 0 amide bonds. The first kappa shape index (κ1) is 12.3. The molecule has 1 aromatic carbocycles. The lowest BCUT2D eigenvalue weighted by Crippen LogP contribution is -2.06. The molecular weight excluding hydrogens is 237 g/mol. The number of hydrogen-bond donors (Lipinski definition) is 0. The highest BCUT2D eigenvalue weighted by atomic mass is 19.1. The van der Waals surface area contributed by atoms with Gasteiger partial charge in [0, 0.05) is 17.5 Å². The van der Waals surface area contributed by atoms with Crippen molar-refractivity contribution in [3.63, 3.8) is 0 Å². The number of benzene rings is 1. The van der Waals surface area contributed by atoms with E-state index in [-0.39, 0.29) is 5.69 Å². The lowest BCUT2D eigenvalue weighted by Gasteiger charge is -2.09. The van der Waals surface area contributed by atoms with Crippen molar-refractivity contribution in [2.24, 2.45) is 0 Å². The van der Waals surface area contributed by atoms with Crippen LogP contribution in [0.5, 0.6) is 5.75 Å². The van der Waals surface area contributed by atoms with Gasteiger partial charge in [0.15, 0.2) is 5.69 Å². The van der Waals surface area contributed by atoms with Gasteiger partial charge < -0.3 is 9.47 Å². The predicted molar refractivity (Wildman–Crippen MR) is 64.2 cm³/mol. The van der Waals surface area contributed by atoms with Crippen LogP contribution in [0.4, 0.5) is 4.39 Å². The molecule has 0 saturated heterocycles. The van der Waals surface area contributed by atoms with E-state index in [1.807, 2.05) is 6.92 Å². The Labute approximate surface area is 103 Å². The third-order valence-electron chi connectivity index (χ3n) is 2.43. The van der Waals surface area contributed by atoms with E-state index in [1.54, 1.807) is 6.07 Å². The standard InChI is InChI=1S/C13H12FNO3/c1-3-18-12-7-11(13(16)17-2)15-10-6-8(14)4-5-9(10)12/h4-7H,3H2,1-2H3. The van der Waals surface area contributed by atoms with Crippen molar-refractivity contribution < 1.29 is 18.7 Å². The molecule has 1 aromatic heterocycles. The number of rotatable bonds is 3. The summed E-state index contributed by atoms with van der Waals surface area (Å²) in [5, 5.41) is 0.658. The minimum Gasteiger partial charge on any atom is -0.493 e. The zero-order valence-electron chi connectivity index (χ0n) is 10.1. The van der Waals surface area contributed by atoms with Crippen LogP contribution in [0.15, 0.2) is 24.3 Å². The molecule has 0 fully saturated rings. The molecule has 0 aliphatic carbocycles. The number of pyridine rings is 1.